The number of nitrogens with zero attached hydrogens (tertiary/aromatic N) is 2. The molecule has 1 heterocycles. The van der Waals surface area contributed by atoms with E-state index in [4.69, 9.17) is 0 Å². The van der Waals surface area contributed by atoms with Crippen LogP contribution >= 0.6 is 11.3 Å². The fraction of sp³-hybridized carbons (Fsp3) is 0.750. The molecular formula is C12H22N4OS. The number of aromatic nitrogens is 2. The Morgan fingerprint density at radius 1 is 1.33 bits per heavy atom. The van der Waals surface area contributed by atoms with E-state index in [1.54, 1.807) is 0 Å². The Hall–Kier alpha value is -1.17. The molecule has 0 aliphatic heterocycles. The number of anilines is 1. The summed E-state index contributed by atoms with van der Waals surface area (Å²) in [5.74, 6) is 0.550. The maximum absolute atomic E-state index is 11.7. The molecule has 0 unspecified atom stereocenters. The van der Waals surface area contributed by atoms with Crippen LogP contribution in [0.4, 0.5) is 5.13 Å². The summed E-state index contributed by atoms with van der Waals surface area (Å²) in [5.41, 5.74) is 0. The number of carbonyl (C=O) groups is 1. The van der Waals surface area contributed by atoms with Crippen LogP contribution in [-0.4, -0.2) is 29.2 Å². The number of hydrogen-bond donors (Lipinski definition) is 2. The summed E-state index contributed by atoms with van der Waals surface area (Å²) < 4.78 is 0. The Kier molecular flexibility index (Phi) is 6.64. The van der Waals surface area contributed by atoms with Crippen LogP contribution < -0.4 is 10.6 Å². The minimum atomic E-state index is -0.124. The fourth-order valence-corrected chi connectivity index (χ4v) is 2.09. The van der Waals surface area contributed by atoms with Crippen LogP contribution in [-0.2, 0) is 0 Å². The lowest BCUT2D eigenvalue weighted by atomic mass is 10.1. The van der Waals surface area contributed by atoms with Gasteiger partial charge in [0.25, 0.3) is 5.91 Å². The molecule has 5 nitrogen and oxygen atoms in total. The van der Waals surface area contributed by atoms with Crippen molar-refractivity contribution in [2.45, 2.75) is 40.0 Å². The van der Waals surface area contributed by atoms with Crippen molar-refractivity contribution < 1.29 is 4.79 Å². The molecule has 0 saturated carbocycles. The molecule has 2 N–H and O–H groups in total. The minimum absolute atomic E-state index is 0.124. The molecular weight excluding hydrogens is 248 g/mol. The van der Waals surface area contributed by atoms with E-state index in [-0.39, 0.29) is 5.91 Å². The molecule has 0 atom stereocenters. The van der Waals surface area contributed by atoms with Gasteiger partial charge in [-0.05, 0) is 25.2 Å². The van der Waals surface area contributed by atoms with Gasteiger partial charge in [-0.2, -0.15) is 0 Å². The molecule has 0 aliphatic carbocycles. The predicted molar refractivity (Wildman–Crippen MR) is 75.1 cm³/mol. The first-order valence-corrected chi connectivity index (χ1v) is 7.30. The topological polar surface area (TPSA) is 66.9 Å². The molecule has 1 aromatic heterocycles. The van der Waals surface area contributed by atoms with E-state index in [2.05, 4.69) is 41.6 Å². The molecule has 0 spiro atoms. The smallest absolute Gasteiger partial charge is 0.282 e. The summed E-state index contributed by atoms with van der Waals surface area (Å²) in [6, 6.07) is 0. The normalized spacial score (nSPS) is 10.7. The van der Waals surface area contributed by atoms with Crippen molar-refractivity contribution in [3.8, 4) is 0 Å². The summed E-state index contributed by atoms with van der Waals surface area (Å²) >= 11 is 1.30. The van der Waals surface area contributed by atoms with Crippen molar-refractivity contribution in [1.29, 1.82) is 0 Å². The summed E-state index contributed by atoms with van der Waals surface area (Å²) in [6.07, 6.45) is 3.15. The van der Waals surface area contributed by atoms with E-state index in [0.29, 0.717) is 22.6 Å². The third kappa shape index (κ3) is 5.44. The van der Waals surface area contributed by atoms with Crippen molar-refractivity contribution >= 4 is 22.4 Å². The van der Waals surface area contributed by atoms with Gasteiger partial charge in [-0.25, -0.2) is 0 Å². The summed E-state index contributed by atoms with van der Waals surface area (Å²) in [6.45, 7) is 7.99. The molecule has 0 bridgehead atoms. The Balaban J connectivity index is 2.30. The first kappa shape index (κ1) is 14.9. The second-order valence-corrected chi connectivity index (χ2v) is 5.61. The van der Waals surface area contributed by atoms with E-state index in [9.17, 15) is 4.79 Å². The molecule has 1 rings (SSSR count). The monoisotopic (exact) mass is 270 g/mol. The zero-order valence-electron chi connectivity index (χ0n) is 11.3. The average Bonchev–Trinajstić information content (AvgIpc) is 2.80. The fourth-order valence-electron chi connectivity index (χ4n) is 1.41. The highest BCUT2D eigenvalue weighted by Gasteiger charge is 2.11. The van der Waals surface area contributed by atoms with Crippen LogP contribution in [0.1, 0.15) is 49.8 Å². The van der Waals surface area contributed by atoms with Gasteiger partial charge in [0, 0.05) is 13.1 Å². The van der Waals surface area contributed by atoms with Crippen LogP contribution in [0.5, 0.6) is 0 Å². The van der Waals surface area contributed by atoms with Gasteiger partial charge < -0.3 is 10.6 Å². The van der Waals surface area contributed by atoms with E-state index >= 15 is 0 Å². The molecule has 0 aliphatic rings. The highest BCUT2D eigenvalue weighted by molar-refractivity contribution is 7.17. The van der Waals surface area contributed by atoms with Gasteiger partial charge in [-0.3, -0.25) is 4.79 Å². The van der Waals surface area contributed by atoms with Crippen LogP contribution in [0.2, 0.25) is 0 Å². The average molecular weight is 270 g/mol. The Bertz CT molecular complexity index is 365. The second-order valence-electron chi connectivity index (χ2n) is 4.63. The Labute approximate surface area is 112 Å². The first-order chi connectivity index (χ1) is 8.63. The quantitative estimate of drug-likeness (QED) is 0.712. The summed E-state index contributed by atoms with van der Waals surface area (Å²) in [7, 11) is 0. The van der Waals surface area contributed by atoms with Crippen LogP contribution in [0.25, 0.3) is 0 Å². The lowest BCUT2D eigenvalue weighted by Gasteiger charge is -2.04. The Morgan fingerprint density at radius 3 is 2.78 bits per heavy atom. The molecule has 0 aromatic carbocycles. The summed E-state index contributed by atoms with van der Waals surface area (Å²) in [4.78, 5) is 11.7. The van der Waals surface area contributed by atoms with Gasteiger partial charge in [-0.15, -0.1) is 10.2 Å². The van der Waals surface area contributed by atoms with E-state index < -0.39 is 0 Å². The standard InChI is InChI=1S/C12H22N4OS/c1-4-7-14-12-16-15-11(18-12)10(17)13-8-5-6-9(2)3/h9H,4-8H2,1-3H3,(H,13,17)(H,14,16). The SMILES string of the molecule is CCCNc1nnc(C(=O)NCCCC(C)C)s1. The van der Waals surface area contributed by atoms with Crippen LogP contribution in [0.3, 0.4) is 0 Å². The van der Waals surface area contributed by atoms with E-state index in [1.165, 1.54) is 11.3 Å². The predicted octanol–water partition coefficient (Wildman–Crippen LogP) is 2.53. The summed E-state index contributed by atoms with van der Waals surface area (Å²) in [5, 5.41) is 14.9. The molecule has 1 aromatic rings. The lowest BCUT2D eigenvalue weighted by Crippen LogP contribution is -2.24. The molecule has 0 saturated heterocycles. The number of amides is 1. The van der Waals surface area contributed by atoms with Gasteiger partial charge in [0.1, 0.15) is 0 Å². The van der Waals surface area contributed by atoms with Crippen LogP contribution in [0.15, 0.2) is 0 Å². The number of hydrogen-bond acceptors (Lipinski definition) is 5. The minimum Gasteiger partial charge on any atom is -0.360 e. The number of carbonyl (C=O) groups excluding carboxylic acids is 1. The second kappa shape index (κ2) is 8.02. The zero-order chi connectivity index (χ0) is 13.4. The van der Waals surface area contributed by atoms with Gasteiger partial charge in [0.05, 0.1) is 0 Å². The van der Waals surface area contributed by atoms with Crippen molar-refractivity contribution in [1.82, 2.24) is 15.5 Å². The van der Waals surface area contributed by atoms with Gasteiger partial charge >= 0.3 is 0 Å². The third-order valence-electron chi connectivity index (χ3n) is 2.39. The van der Waals surface area contributed by atoms with Crippen molar-refractivity contribution in [3.05, 3.63) is 5.01 Å². The Morgan fingerprint density at radius 2 is 2.11 bits per heavy atom. The first-order valence-electron chi connectivity index (χ1n) is 6.49. The molecule has 0 radical (unpaired) electrons. The largest absolute Gasteiger partial charge is 0.360 e. The number of rotatable bonds is 8. The van der Waals surface area contributed by atoms with Crippen molar-refractivity contribution in [2.75, 3.05) is 18.4 Å². The highest BCUT2D eigenvalue weighted by Crippen LogP contribution is 2.14. The van der Waals surface area contributed by atoms with E-state index in [0.717, 1.165) is 25.8 Å². The number of nitrogens with one attached hydrogen (secondary N) is 2. The highest BCUT2D eigenvalue weighted by atomic mass is 32.1. The maximum atomic E-state index is 11.7. The lowest BCUT2D eigenvalue weighted by molar-refractivity contribution is 0.0951. The molecule has 6 heteroatoms. The van der Waals surface area contributed by atoms with Crippen molar-refractivity contribution in [3.63, 3.8) is 0 Å². The molecule has 0 fully saturated rings. The maximum Gasteiger partial charge on any atom is 0.282 e. The zero-order valence-corrected chi connectivity index (χ0v) is 12.1. The molecule has 102 valence electrons. The van der Waals surface area contributed by atoms with Gasteiger partial charge in [0.2, 0.25) is 10.1 Å². The van der Waals surface area contributed by atoms with Gasteiger partial charge in [-0.1, -0.05) is 32.1 Å². The molecule has 18 heavy (non-hydrogen) atoms. The van der Waals surface area contributed by atoms with E-state index in [1.807, 2.05) is 0 Å². The van der Waals surface area contributed by atoms with Crippen LogP contribution in [0, 0.1) is 5.92 Å². The van der Waals surface area contributed by atoms with Crippen molar-refractivity contribution in [2.24, 2.45) is 5.92 Å². The van der Waals surface area contributed by atoms with Gasteiger partial charge in [0.15, 0.2) is 0 Å². The third-order valence-corrected chi connectivity index (χ3v) is 3.27. The molecule has 1 amide bonds.